The maximum absolute atomic E-state index is 11.3. The third kappa shape index (κ3) is 3.35. The van der Waals surface area contributed by atoms with E-state index in [0.29, 0.717) is 11.4 Å². The predicted molar refractivity (Wildman–Crippen MR) is 81.9 cm³/mol. The first-order valence-electron chi connectivity index (χ1n) is 6.03. The normalized spacial score (nSPS) is 10.1. The summed E-state index contributed by atoms with van der Waals surface area (Å²) < 4.78 is 0. The molecule has 21 heavy (non-hydrogen) atoms. The molecular weight excluding hydrogens is 290 g/mol. The molecule has 0 bridgehead atoms. The Morgan fingerprint density at radius 1 is 0.952 bits per heavy atom. The first-order chi connectivity index (χ1) is 10.0. The van der Waals surface area contributed by atoms with Crippen LogP contribution in [0, 0.1) is 0 Å². The van der Waals surface area contributed by atoms with Crippen molar-refractivity contribution in [1.29, 1.82) is 0 Å². The fraction of sp³-hybridized carbons (Fsp3) is 0.0667. The Hall–Kier alpha value is -2.47. The summed E-state index contributed by atoms with van der Waals surface area (Å²) in [7, 11) is 0. The van der Waals surface area contributed by atoms with Gasteiger partial charge < -0.3 is 15.5 Å². The second kappa shape index (κ2) is 6.32. The van der Waals surface area contributed by atoms with Gasteiger partial charge in [0, 0.05) is 4.90 Å². The third-order valence-electron chi connectivity index (χ3n) is 2.88. The molecule has 2 aromatic rings. The largest absolute Gasteiger partial charge is 0.478 e. The van der Waals surface area contributed by atoms with E-state index in [-0.39, 0.29) is 11.1 Å². The number of carbonyl (C=O) groups is 2. The first-order valence-corrected chi connectivity index (χ1v) is 7.26. The van der Waals surface area contributed by atoms with Gasteiger partial charge in [0.25, 0.3) is 0 Å². The Balaban J connectivity index is 2.45. The molecule has 0 amide bonds. The lowest BCUT2D eigenvalue weighted by atomic mass is 10.1. The van der Waals surface area contributed by atoms with Gasteiger partial charge in [-0.2, -0.15) is 0 Å². The summed E-state index contributed by atoms with van der Waals surface area (Å²) in [5.74, 6) is -2.14. The van der Waals surface area contributed by atoms with Gasteiger partial charge in [-0.25, -0.2) is 9.59 Å². The molecule has 2 aromatic carbocycles. The first kappa shape index (κ1) is 14.9. The summed E-state index contributed by atoms with van der Waals surface area (Å²) in [6, 6.07) is 11.3. The fourth-order valence-electron chi connectivity index (χ4n) is 1.86. The van der Waals surface area contributed by atoms with Crippen molar-refractivity contribution in [2.75, 3.05) is 11.6 Å². The van der Waals surface area contributed by atoms with Gasteiger partial charge in [-0.1, -0.05) is 12.1 Å². The molecule has 3 N–H and O–H groups in total. The number of anilines is 2. The quantitative estimate of drug-likeness (QED) is 0.732. The molecule has 0 heterocycles. The van der Waals surface area contributed by atoms with Gasteiger partial charge in [-0.3, -0.25) is 0 Å². The lowest BCUT2D eigenvalue weighted by Gasteiger charge is -2.12. The average molecular weight is 303 g/mol. The molecule has 0 aliphatic heterocycles. The van der Waals surface area contributed by atoms with Crippen molar-refractivity contribution in [2.24, 2.45) is 0 Å². The van der Waals surface area contributed by atoms with Crippen molar-refractivity contribution in [3.8, 4) is 0 Å². The smallest absolute Gasteiger partial charge is 0.337 e. The zero-order valence-electron chi connectivity index (χ0n) is 11.2. The molecule has 0 saturated carbocycles. The molecule has 0 spiro atoms. The summed E-state index contributed by atoms with van der Waals surface area (Å²) >= 11 is 1.44. The van der Waals surface area contributed by atoms with E-state index in [2.05, 4.69) is 5.32 Å². The van der Waals surface area contributed by atoms with E-state index in [0.717, 1.165) is 4.90 Å². The minimum Gasteiger partial charge on any atom is -0.478 e. The predicted octanol–water partition coefficient (Wildman–Crippen LogP) is 3.55. The van der Waals surface area contributed by atoms with Crippen LogP contribution in [0.2, 0.25) is 0 Å². The number of carboxylic acids is 2. The van der Waals surface area contributed by atoms with Gasteiger partial charge >= 0.3 is 11.9 Å². The highest BCUT2D eigenvalue weighted by Gasteiger charge is 2.14. The van der Waals surface area contributed by atoms with E-state index in [1.165, 1.54) is 17.8 Å². The molecule has 0 aliphatic rings. The topological polar surface area (TPSA) is 86.6 Å². The Bertz CT molecular complexity index is 700. The van der Waals surface area contributed by atoms with Crippen LogP contribution in [0.15, 0.2) is 47.4 Å². The van der Waals surface area contributed by atoms with Crippen molar-refractivity contribution in [3.05, 3.63) is 53.6 Å². The lowest BCUT2D eigenvalue weighted by molar-refractivity contribution is 0.0688. The van der Waals surface area contributed by atoms with Crippen LogP contribution in [0.4, 0.5) is 11.4 Å². The number of benzene rings is 2. The summed E-state index contributed by atoms with van der Waals surface area (Å²) in [6.07, 6.45) is 1.85. The highest BCUT2D eigenvalue weighted by molar-refractivity contribution is 7.98. The van der Waals surface area contributed by atoms with E-state index in [4.69, 9.17) is 5.11 Å². The Labute approximate surface area is 125 Å². The van der Waals surface area contributed by atoms with Crippen LogP contribution in [-0.4, -0.2) is 28.4 Å². The molecule has 0 aliphatic carbocycles. The van der Waals surface area contributed by atoms with Crippen molar-refractivity contribution in [2.45, 2.75) is 4.90 Å². The van der Waals surface area contributed by atoms with Crippen LogP contribution in [-0.2, 0) is 0 Å². The molecule has 108 valence electrons. The Morgan fingerprint density at radius 3 is 2.19 bits per heavy atom. The zero-order chi connectivity index (χ0) is 15.4. The molecule has 0 fully saturated rings. The third-order valence-corrected chi connectivity index (χ3v) is 3.61. The number of hydrogen-bond donors (Lipinski definition) is 3. The highest BCUT2D eigenvalue weighted by atomic mass is 32.2. The SMILES string of the molecule is CSc1ccc(Nc2ccccc2C(=O)O)c(C(=O)O)c1. The Morgan fingerprint density at radius 2 is 1.57 bits per heavy atom. The number of thioether (sulfide) groups is 1. The molecule has 0 radical (unpaired) electrons. The van der Waals surface area contributed by atoms with Gasteiger partial charge in [0.05, 0.1) is 22.5 Å². The number of rotatable bonds is 5. The maximum atomic E-state index is 11.3. The van der Waals surface area contributed by atoms with Crippen LogP contribution in [0.25, 0.3) is 0 Å². The maximum Gasteiger partial charge on any atom is 0.337 e. The minimum absolute atomic E-state index is 0.0859. The fourth-order valence-corrected chi connectivity index (χ4v) is 2.30. The molecule has 6 heteroatoms. The zero-order valence-corrected chi connectivity index (χ0v) is 12.0. The second-order valence-corrected chi connectivity index (χ2v) is 5.07. The van der Waals surface area contributed by atoms with Crippen molar-refractivity contribution in [3.63, 3.8) is 0 Å². The van der Waals surface area contributed by atoms with Crippen LogP contribution < -0.4 is 5.32 Å². The number of aromatic carboxylic acids is 2. The highest BCUT2D eigenvalue weighted by Crippen LogP contribution is 2.27. The van der Waals surface area contributed by atoms with Crippen LogP contribution in [0.1, 0.15) is 20.7 Å². The number of nitrogens with one attached hydrogen (secondary N) is 1. The molecule has 0 atom stereocenters. The number of para-hydroxylation sites is 1. The average Bonchev–Trinajstić information content (AvgIpc) is 2.47. The van der Waals surface area contributed by atoms with Gasteiger partial charge in [0.2, 0.25) is 0 Å². The van der Waals surface area contributed by atoms with Crippen LogP contribution in [0.5, 0.6) is 0 Å². The standard InChI is InChI=1S/C15H13NO4S/c1-21-9-6-7-13(11(8-9)15(19)20)16-12-5-3-2-4-10(12)14(17)18/h2-8,16H,1H3,(H,17,18)(H,19,20). The molecule has 2 rings (SSSR count). The van der Waals surface area contributed by atoms with E-state index in [1.807, 2.05) is 6.26 Å². The number of carboxylic acid groups (broad SMARTS) is 2. The molecule has 5 nitrogen and oxygen atoms in total. The second-order valence-electron chi connectivity index (χ2n) is 4.19. The number of hydrogen-bond acceptors (Lipinski definition) is 4. The summed E-state index contributed by atoms with van der Waals surface area (Å²) in [4.78, 5) is 23.3. The van der Waals surface area contributed by atoms with Crippen LogP contribution >= 0.6 is 11.8 Å². The van der Waals surface area contributed by atoms with Crippen molar-refractivity contribution in [1.82, 2.24) is 0 Å². The molecular formula is C15H13NO4S. The Kier molecular flexibility index (Phi) is 4.49. The van der Waals surface area contributed by atoms with E-state index in [9.17, 15) is 14.7 Å². The van der Waals surface area contributed by atoms with E-state index in [1.54, 1.807) is 36.4 Å². The van der Waals surface area contributed by atoms with Gasteiger partial charge in [-0.15, -0.1) is 11.8 Å². The van der Waals surface area contributed by atoms with Gasteiger partial charge in [-0.05, 0) is 36.6 Å². The van der Waals surface area contributed by atoms with Crippen LogP contribution in [0.3, 0.4) is 0 Å². The van der Waals surface area contributed by atoms with Crippen molar-refractivity contribution < 1.29 is 19.8 Å². The van der Waals surface area contributed by atoms with Gasteiger partial charge in [0.1, 0.15) is 0 Å². The molecule has 0 saturated heterocycles. The minimum atomic E-state index is -1.07. The summed E-state index contributed by atoms with van der Waals surface area (Å²) in [6.45, 7) is 0. The lowest BCUT2D eigenvalue weighted by Crippen LogP contribution is -2.06. The van der Waals surface area contributed by atoms with Gasteiger partial charge in [0.15, 0.2) is 0 Å². The van der Waals surface area contributed by atoms with Crippen molar-refractivity contribution >= 4 is 35.1 Å². The summed E-state index contributed by atoms with van der Waals surface area (Å²) in [5, 5.41) is 21.3. The van der Waals surface area contributed by atoms with E-state index < -0.39 is 11.9 Å². The monoisotopic (exact) mass is 303 g/mol. The molecule has 0 aromatic heterocycles. The van der Waals surface area contributed by atoms with E-state index >= 15 is 0 Å². The summed E-state index contributed by atoms with van der Waals surface area (Å²) in [5.41, 5.74) is 0.892. The molecule has 0 unspecified atom stereocenters.